The van der Waals surface area contributed by atoms with E-state index in [2.05, 4.69) is 21.7 Å². The zero-order valence-corrected chi connectivity index (χ0v) is 18.2. The molecule has 1 fully saturated rings. The Kier molecular flexibility index (Phi) is 5.12. The quantitative estimate of drug-likeness (QED) is 0.665. The molecule has 8 heteroatoms. The molecule has 1 amide bonds. The highest BCUT2D eigenvalue weighted by molar-refractivity contribution is 7.21. The Bertz CT molecular complexity index is 1100. The van der Waals surface area contributed by atoms with E-state index in [9.17, 15) is 4.79 Å². The van der Waals surface area contributed by atoms with Crippen molar-refractivity contribution in [3.8, 4) is 0 Å². The van der Waals surface area contributed by atoms with Gasteiger partial charge in [0.25, 0.3) is 5.91 Å². The summed E-state index contributed by atoms with van der Waals surface area (Å²) in [6.45, 7) is 1.82. The number of rotatable bonds is 4. The number of carbonyl (C=O) groups excluding carboxylic acids is 1. The van der Waals surface area contributed by atoms with Gasteiger partial charge in [0.15, 0.2) is 0 Å². The van der Waals surface area contributed by atoms with E-state index in [1.165, 1.54) is 29.7 Å². The smallest absolute Gasteiger partial charge is 0.263 e. The molecule has 156 valence electrons. The van der Waals surface area contributed by atoms with Gasteiger partial charge in [-0.3, -0.25) is 4.79 Å². The summed E-state index contributed by atoms with van der Waals surface area (Å²) in [5.41, 5.74) is 4.40. The summed E-state index contributed by atoms with van der Waals surface area (Å²) < 4.78 is 0.970. The molecule has 7 nitrogen and oxygen atoms in total. The van der Waals surface area contributed by atoms with E-state index in [-0.39, 0.29) is 5.91 Å². The number of nitrogens with zero attached hydrogens (tertiary/aromatic N) is 4. The van der Waals surface area contributed by atoms with Crippen molar-refractivity contribution in [2.75, 3.05) is 26.0 Å². The van der Waals surface area contributed by atoms with Crippen molar-refractivity contribution in [1.29, 1.82) is 0 Å². The number of fused-ring (bicyclic) bond motifs is 2. The van der Waals surface area contributed by atoms with Crippen LogP contribution in [0.5, 0.6) is 0 Å². The molecule has 1 aliphatic carbocycles. The summed E-state index contributed by atoms with van der Waals surface area (Å²) in [7, 11) is 3.61. The first-order chi connectivity index (χ1) is 14.6. The van der Waals surface area contributed by atoms with Crippen LogP contribution in [0.4, 0.5) is 11.8 Å². The molecule has 0 radical (unpaired) electrons. The Balaban J connectivity index is 1.53. The zero-order valence-electron chi connectivity index (χ0n) is 17.4. The molecule has 1 aliphatic heterocycles. The number of hydrogen-bond donors (Lipinski definition) is 2. The zero-order chi connectivity index (χ0) is 20.7. The summed E-state index contributed by atoms with van der Waals surface area (Å²) >= 11 is 1.51. The fraction of sp³-hybridized carbons (Fsp3) is 0.455. The summed E-state index contributed by atoms with van der Waals surface area (Å²) in [5, 5.41) is 6.65. The lowest BCUT2D eigenvalue weighted by Gasteiger charge is -2.17. The fourth-order valence-corrected chi connectivity index (χ4v) is 5.67. The largest absolute Gasteiger partial charge is 0.344 e. The summed E-state index contributed by atoms with van der Waals surface area (Å²) in [5.74, 6) is 1.75. The molecule has 3 aromatic heterocycles. The number of nitrogens with one attached hydrogen (secondary N) is 2. The van der Waals surface area contributed by atoms with Crippen molar-refractivity contribution < 1.29 is 4.79 Å². The normalized spacial score (nSPS) is 16.6. The molecule has 2 aliphatic rings. The van der Waals surface area contributed by atoms with Crippen molar-refractivity contribution in [3.05, 3.63) is 40.0 Å². The van der Waals surface area contributed by atoms with Gasteiger partial charge in [0.05, 0.1) is 21.3 Å². The van der Waals surface area contributed by atoms with E-state index >= 15 is 0 Å². The molecule has 30 heavy (non-hydrogen) atoms. The predicted molar refractivity (Wildman–Crippen MR) is 120 cm³/mol. The molecule has 0 spiro atoms. The second kappa shape index (κ2) is 7.92. The summed E-state index contributed by atoms with van der Waals surface area (Å²) in [6.07, 6.45) is 7.42. The number of aromatic nitrogens is 3. The van der Waals surface area contributed by atoms with Crippen LogP contribution < -0.4 is 10.6 Å². The molecule has 4 heterocycles. The Labute approximate surface area is 179 Å². The number of hydrogen-bond acceptors (Lipinski definition) is 7. The monoisotopic (exact) mass is 422 g/mol. The summed E-state index contributed by atoms with van der Waals surface area (Å²) in [6, 6.07) is 4.09. The van der Waals surface area contributed by atoms with Crippen LogP contribution in [0.25, 0.3) is 10.2 Å². The van der Waals surface area contributed by atoms with Crippen LogP contribution in [0.2, 0.25) is 0 Å². The standard InChI is InChI=1S/C22H26N6OS/c1-28(2)21(29)20-18(13-5-3-4-6-13)19-16(30-20)12-24-22(27-19)26-17-8-7-14-11-23-10-9-15(14)25-17/h7-8,12-13,23H,3-6,9-11H2,1-2H3,(H,24,25,26,27). The minimum absolute atomic E-state index is 0.0550. The van der Waals surface area contributed by atoms with Crippen molar-refractivity contribution >= 4 is 39.2 Å². The number of pyridine rings is 1. The Morgan fingerprint density at radius 2 is 2.07 bits per heavy atom. The number of carbonyl (C=O) groups is 1. The Morgan fingerprint density at radius 1 is 1.23 bits per heavy atom. The second-order valence-corrected chi connectivity index (χ2v) is 9.34. The number of anilines is 2. The van der Waals surface area contributed by atoms with Gasteiger partial charge in [0, 0.05) is 44.9 Å². The van der Waals surface area contributed by atoms with E-state index in [0.717, 1.165) is 64.5 Å². The highest BCUT2D eigenvalue weighted by Crippen LogP contribution is 2.43. The maximum absolute atomic E-state index is 12.9. The van der Waals surface area contributed by atoms with Crippen LogP contribution in [0, 0.1) is 0 Å². The molecule has 5 rings (SSSR count). The van der Waals surface area contributed by atoms with Crippen LogP contribution >= 0.6 is 11.3 Å². The van der Waals surface area contributed by atoms with Gasteiger partial charge in [0.2, 0.25) is 5.95 Å². The Hall–Kier alpha value is -2.58. The molecule has 3 aromatic rings. The predicted octanol–water partition coefficient (Wildman–Crippen LogP) is 3.84. The fourth-order valence-electron chi connectivity index (χ4n) is 4.45. The van der Waals surface area contributed by atoms with Crippen LogP contribution in [0.1, 0.15) is 58.1 Å². The van der Waals surface area contributed by atoms with Gasteiger partial charge in [-0.2, -0.15) is 0 Å². The highest BCUT2D eigenvalue weighted by Gasteiger charge is 2.29. The van der Waals surface area contributed by atoms with E-state index in [0.29, 0.717) is 11.9 Å². The molecule has 0 aromatic carbocycles. The van der Waals surface area contributed by atoms with Gasteiger partial charge in [-0.1, -0.05) is 18.9 Å². The van der Waals surface area contributed by atoms with Gasteiger partial charge in [-0.15, -0.1) is 11.3 Å². The SMILES string of the molecule is CN(C)C(=O)c1sc2cnc(Nc3ccc4c(n3)CCNC4)nc2c1C1CCCC1. The lowest BCUT2D eigenvalue weighted by Crippen LogP contribution is -2.24. The van der Waals surface area contributed by atoms with Gasteiger partial charge >= 0.3 is 0 Å². The second-order valence-electron chi connectivity index (χ2n) is 8.29. The third-order valence-electron chi connectivity index (χ3n) is 5.99. The molecular formula is C22H26N6OS. The molecular weight excluding hydrogens is 396 g/mol. The van der Waals surface area contributed by atoms with Crippen LogP contribution in [0.15, 0.2) is 18.3 Å². The minimum Gasteiger partial charge on any atom is -0.344 e. The lowest BCUT2D eigenvalue weighted by molar-refractivity contribution is 0.0831. The maximum atomic E-state index is 12.9. The van der Waals surface area contributed by atoms with Gasteiger partial charge in [0.1, 0.15) is 5.82 Å². The first kappa shape index (κ1) is 19.4. The first-order valence-electron chi connectivity index (χ1n) is 10.6. The van der Waals surface area contributed by atoms with E-state index in [4.69, 9.17) is 9.97 Å². The third-order valence-corrected chi connectivity index (χ3v) is 7.11. The number of amides is 1. The maximum Gasteiger partial charge on any atom is 0.263 e. The van der Waals surface area contributed by atoms with Crippen molar-refractivity contribution in [2.24, 2.45) is 0 Å². The van der Waals surface area contributed by atoms with Crippen LogP contribution in [-0.2, 0) is 13.0 Å². The third kappa shape index (κ3) is 3.54. The molecule has 0 saturated heterocycles. The van der Waals surface area contributed by atoms with Gasteiger partial charge < -0.3 is 15.5 Å². The van der Waals surface area contributed by atoms with Crippen LogP contribution in [-0.4, -0.2) is 46.4 Å². The van der Waals surface area contributed by atoms with Gasteiger partial charge in [-0.25, -0.2) is 15.0 Å². The van der Waals surface area contributed by atoms with Crippen molar-refractivity contribution in [2.45, 2.75) is 44.6 Å². The van der Waals surface area contributed by atoms with Crippen molar-refractivity contribution in [1.82, 2.24) is 25.2 Å². The van der Waals surface area contributed by atoms with E-state index in [1.807, 2.05) is 12.3 Å². The molecule has 2 N–H and O–H groups in total. The molecule has 1 saturated carbocycles. The minimum atomic E-state index is 0.0550. The summed E-state index contributed by atoms with van der Waals surface area (Å²) in [4.78, 5) is 29.4. The first-order valence-corrected chi connectivity index (χ1v) is 11.4. The van der Waals surface area contributed by atoms with E-state index in [1.54, 1.807) is 19.0 Å². The van der Waals surface area contributed by atoms with Gasteiger partial charge in [-0.05, 0) is 30.4 Å². The van der Waals surface area contributed by atoms with E-state index < -0.39 is 0 Å². The lowest BCUT2D eigenvalue weighted by atomic mass is 9.96. The topological polar surface area (TPSA) is 83.0 Å². The Morgan fingerprint density at radius 3 is 2.87 bits per heavy atom. The number of thiophene rings is 1. The van der Waals surface area contributed by atoms with Crippen molar-refractivity contribution in [3.63, 3.8) is 0 Å². The average Bonchev–Trinajstić information content (AvgIpc) is 3.40. The molecule has 0 bridgehead atoms. The highest BCUT2D eigenvalue weighted by atomic mass is 32.1. The molecule has 0 unspecified atom stereocenters. The van der Waals surface area contributed by atoms with Crippen LogP contribution in [0.3, 0.4) is 0 Å². The average molecular weight is 423 g/mol. The molecule has 0 atom stereocenters.